The van der Waals surface area contributed by atoms with Gasteiger partial charge in [0, 0.05) is 5.92 Å². The normalized spacial score (nSPS) is 25.9. The molecule has 2 fully saturated rings. The zero-order valence-corrected chi connectivity index (χ0v) is 10.1. The Kier molecular flexibility index (Phi) is 3.82. The average molecular weight is 244 g/mol. The van der Waals surface area contributed by atoms with Crippen molar-refractivity contribution in [1.29, 1.82) is 0 Å². The van der Waals surface area contributed by atoms with Crippen LogP contribution in [-0.4, -0.2) is 16.7 Å². The Morgan fingerprint density at radius 1 is 1.12 bits per heavy atom. The highest BCUT2D eigenvalue weighted by atomic mass is 35.5. The lowest BCUT2D eigenvalue weighted by molar-refractivity contribution is 0.292. The van der Waals surface area contributed by atoms with E-state index < -0.39 is 0 Å². The number of halogens is 1. The van der Waals surface area contributed by atoms with Crippen LogP contribution in [0.5, 0.6) is 0 Å². The Balaban J connectivity index is 0.000000963. The van der Waals surface area contributed by atoms with Gasteiger partial charge in [-0.1, -0.05) is 18.0 Å². The molecule has 1 aromatic rings. The summed E-state index contributed by atoms with van der Waals surface area (Å²) in [5.41, 5.74) is 0. The van der Waals surface area contributed by atoms with E-state index in [-0.39, 0.29) is 12.4 Å². The summed E-state index contributed by atoms with van der Waals surface area (Å²) in [7, 11) is 0. The molecule has 0 unspecified atom stereocenters. The zero-order chi connectivity index (χ0) is 10.1. The van der Waals surface area contributed by atoms with E-state index in [4.69, 9.17) is 4.52 Å². The number of nitrogens with one attached hydrogen (secondary N) is 1. The molecule has 2 aliphatic rings. The fourth-order valence-corrected chi connectivity index (χ4v) is 2.28. The molecular weight excluding hydrogens is 226 g/mol. The maximum absolute atomic E-state index is 5.34. The van der Waals surface area contributed by atoms with Crippen molar-refractivity contribution in [2.24, 2.45) is 0 Å². The molecule has 1 aliphatic heterocycles. The van der Waals surface area contributed by atoms with E-state index in [1.165, 1.54) is 32.1 Å². The van der Waals surface area contributed by atoms with Crippen LogP contribution in [-0.2, 0) is 0 Å². The summed E-state index contributed by atoms with van der Waals surface area (Å²) in [4.78, 5) is 4.52. The van der Waals surface area contributed by atoms with Crippen molar-refractivity contribution in [3.63, 3.8) is 0 Å². The van der Waals surface area contributed by atoms with Crippen molar-refractivity contribution in [1.82, 2.24) is 15.5 Å². The van der Waals surface area contributed by atoms with Gasteiger partial charge in [-0.15, -0.1) is 12.4 Å². The van der Waals surface area contributed by atoms with Gasteiger partial charge in [0.2, 0.25) is 5.89 Å². The first-order valence-electron chi connectivity index (χ1n) is 6.00. The van der Waals surface area contributed by atoms with Crippen molar-refractivity contribution in [3.8, 4) is 0 Å². The largest absolute Gasteiger partial charge is 0.338 e. The monoisotopic (exact) mass is 243 g/mol. The maximum atomic E-state index is 5.34. The van der Waals surface area contributed by atoms with E-state index in [0.717, 1.165) is 24.7 Å². The van der Waals surface area contributed by atoms with Gasteiger partial charge in [-0.2, -0.15) is 4.98 Å². The molecule has 1 saturated carbocycles. The highest BCUT2D eigenvalue weighted by molar-refractivity contribution is 5.85. The fraction of sp³-hybridized carbons (Fsp3) is 0.818. The Hall–Kier alpha value is -0.610. The summed E-state index contributed by atoms with van der Waals surface area (Å²) in [6.45, 7) is 1.08. The summed E-state index contributed by atoms with van der Waals surface area (Å²) in [5, 5.41) is 7.51. The van der Waals surface area contributed by atoms with Crippen LogP contribution in [0.1, 0.15) is 62.2 Å². The van der Waals surface area contributed by atoms with E-state index in [1.54, 1.807) is 0 Å². The van der Waals surface area contributed by atoms with Crippen LogP contribution in [0.2, 0.25) is 0 Å². The minimum atomic E-state index is 0. The van der Waals surface area contributed by atoms with Crippen LogP contribution in [0, 0.1) is 0 Å². The molecule has 4 nitrogen and oxygen atoms in total. The van der Waals surface area contributed by atoms with Gasteiger partial charge in [-0.25, -0.2) is 0 Å². The minimum absolute atomic E-state index is 0. The SMILES string of the molecule is C1CC[C@@H](c2nc(C3CCC3)no2)NC1.Cl. The molecule has 1 aliphatic carbocycles. The lowest BCUT2D eigenvalue weighted by Crippen LogP contribution is -2.27. The molecule has 3 rings (SSSR count). The molecule has 2 heterocycles. The first kappa shape index (κ1) is 11.9. The molecule has 16 heavy (non-hydrogen) atoms. The lowest BCUT2D eigenvalue weighted by atomic mass is 9.85. The van der Waals surface area contributed by atoms with Gasteiger partial charge >= 0.3 is 0 Å². The number of aromatic nitrogens is 2. The Morgan fingerprint density at radius 3 is 2.62 bits per heavy atom. The summed E-state index contributed by atoms with van der Waals surface area (Å²) in [6.07, 6.45) is 7.44. The van der Waals surface area contributed by atoms with Gasteiger partial charge in [0.15, 0.2) is 5.82 Å². The highest BCUT2D eigenvalue weighted by Crippen LogP contribution is 2.35. The zero-order valence-electron chi connectivity index (χ0n) is 9.32. The standard InChI is InChI=1S/C11H17N3O.ClH/c1-2-7-12-9(6-1)11-13-10(14-15-11)8-4-3-5-8;/h8-9,12H,1-7H2;1H/t9-;/m0./s1. The van der Waals surface area contributed by atoms with Crippen molar-refractivity contribution in [2.45, 2.75) is 50.5 Å². The van der Waals surface area contributed by atoms with Crippen LogP contribution in [0.3, 0.4) is 0 Å². The van der Waals surface area contributed by atoms with Gasteiger partial charge in [0.1, 0.15) is 0 Å². The lowest BCUT2D eigenvalue weighted by Gasteiger charge is -2.21. The van der Waals surface area contributed by atoms with Crippen LogP contribution < -0.4 is 5.32 Å². The quantitative estimate of drug-likeness (QED) is 0.868. The third-order valence-corrected chi connectivity index (χ3v) is 3.54. The molecule has 0 radical (unpaired) electrons. The van der Waals surface area contributed by atoms with Crippen LogP contribution in [0.25, 0.3) is 0 Å². The molecule has 1 N–H and O–H groups in total. The van der Waals surface area contributed by atoms with E-state index in [1.807, 2.05) is 0 Å². The predicted octanol–water partition coefficient (Wildman–Crippen LogP) is 2.57. The number of rotatable bonds is 2. The van der Waals surface area contributed by atoms with Crippen LogP contribution in [0.4, 0.5) is 0 Å². The molecule has 90 valence electrons. The van der Waals surface area contributed by atoms with Crippen LogP contribution in [0.15, 0.2) is 4.52 Å². The number of hydrogen-bond acceptors (Lipinski definition) is 4. The fourth-order valence-electron chi connectivity index (χ4n) is 2.28. The Morgan fingerprint density at radius 2 is 2.00 bits per heavy atom. The molecule has 0 spiro atoms. The van der Waals surface area contributed by atoms with Crippen molar-refractivity contribution >= 4 is 12.4 Å². The minimum Gasteiger partial charge on any atom is -0.338 e. The number of hydrogen-bond donors (Lipinski definition) is 1. The topological polar surface area (TPSA) is 51.0 Å². The first-order valence-corrected chi connectivity index (χ1v) is 6.00. The maximum Gasteiger partial charge on any atom is 0.243 e. The third-order valence-electron chi connectivity index (χ3n) is 3.54. The Bertz CT molecular complexity index is 332. The number of nitrogens with zero attached hydrogens (tertiary/aromatic N) is 2. The molecule has 1 saturated heterocycles. The number of piperidine rings is 1. The average Bonchev–Trinajstić information content (AvgIpc) is 2.66. The van der Waals surface area contributed by atoms with E-state index in [2.05, 4.69) is 15.5 Å². The summed E-state index contributed by atoms with van der Waals surface area (Å²) < 4.78 is 5.34. The second-order valence-corrected chi connectivity index (χ2v) is 4.62. The molecule has 0 bridgehead atoms. The first-order chi connectivity index (χ1) is 7.43. The molecule has 5 heteroatoms. The van der Waals surface area contributed by atoms with E-state index in [9.17, 15) is 0 Å². The molecule has 0 amide bonds. The Labute approximate surface area is 102 Å². The smallest absolute Gasteiger partial charge is 0.243 e. The van der Waals surface area contributed by atoms with Crippen LogP contribution >= 0.6 is 12.4 Å². The summed E-state index contributed by atoms with van der Waals surface area (Å²) >= 11 is 0. The van der Waals surface area contributed by atoms with Gasteiger partial charge in [0.05, 0.1) is 6.04 Å². The van der Waals surface area contributed by atoms with Crippen molar-refractivity contribution < 1.29 is 4.52 Å². The predicted molar refractivity (Wildman–Crippen MR) is 62.7 cm³/mol. The van der Waals surface area contributed by atoms with Gasteiger partial charge in [-0.3, -0.25) is 0 Å². The second-order valence-electron chi connectivity index (χ2n) is 4.62. The van der Waals surface area contributed by atoms with Gasteiger partial charge in [-0.05, 0) is 32.2 Å². The van der Waals surface area contributed by atoms with E-state index in [0.29, 0.717) is 12.0 Å². The summed E-state index contributed by atoms with van der Waals surface area (Å²) in [6, 6.07) is 0.306. The molecular formula is C11H18ClN3O. The van der Waals surface area contributed by atoms with Crippen molar-refractivity contribution in [2.75, 3.05) is 6.54 Å². The molecule has 0 aromatic carbocycles. The highest BCUT2D eigenvalue weighted by Gasteiger charge is 2.27. The second kappa shape index (κ2) is 5.15. The van der Waals surface area contributed by atoms with Gasteiger partial charge in [0.25, 0.3) is 0 Å². The third kappa shape index (κ3) is 2.23. The van der Waals surface area contributed by atoms with Crippen molar-refractivity contribution in [3.05, 3.63) is 11.7 Å². The van der Waals surface area contributed by atoms with Gasteiger partial charge < -0.3 is 9.84 Å². The van der Waals surface area contributed by atoms with E-state index >= 15 is 0 Å². The molecule has 1 aromatic heterocycles. The summed E-state index contributed by atoms with van der Waals surface area (Å²) in [5.74, 6) is 2.31. The molecule has 1 atom stereocenters.